The summed E-state index contributed by atoms with van der Waals surface area (Å²) in [6.07, 6.45) is 0.0793. The molecule has 0 aromatic heterocycles. The number of amides is 1. The molecule has 0 fully saturated rings. The first-order valence-electron chi connectivity index (χ1n) is 6.41. The van der Waals surface area contributed by atoms with Crippen molar-refractivity contribution in [2.45, 2.75) is 32.4 Å². The summed E-state index contributed by atoms with van der Waals surface area (Å²) in [5, 5.41) is 11.2. The highest BCUT2D eigenvalue weighted by Crippen LogP contribution is 2.17. The lowest BCUT2D eigenvalue weighted by atomic mass is 10.1. The van der Waals surface area contributed by atoms with Crippen LogP contribution in [0.5, 0.6) is 5.75 Å². The topological polar surface area (TPSA) is 119 Å². The van der Waals surface area contributed by atoms with Gasteiger partial charge < -0.3 is 20.9 Å². The number of aliphatic carboxylic acids is 1. The first-order valence-corrected chi connectivity index (χ1v) is 6.41. The smallest absolute Gasteiger partial charge is 0.320 e. The fourth-order valence-electron chi connectivity index (χ4n) is 1.60. The Morgan fingerprint density at radius 2 is 2.00 bits per heavy atom. The normalized spacial score (nSPS) is 11.5. The average molecular weight is 294 g/mol. The highest BCUT2D eigenvalue weighted by Gasteiger charge is 2.13. The Morgan fingerprint density at radius 3 is 2.62 bits per heavy atom. The second kappa shape index (κ2) is 8.01. The number of benzene rings is 1. The van der Waals surface area contributed by atoms with Crippen LogP contribution in [-0.2, 0) is 20.9 Å². The Hall–Kier alpha value is -2.41. The van der Waals surface area contributed by atoms with Crippen molar-refractivity contribution < 1.29 is 24.2 Å². The summed E-state index contributed by atoms with van der Waals surface area (Å²) in [7, 11) is 0. The number of carbonyl (C=O) groups is 3. The minimum Gasteiger partial charge on any atom is -0.480 e. The van der Waals surface area contributed by atoms with Crippen molar-refractivity contribution in [2.24, 2.45) is 5.73 Å². The van der Waals surface area contributed by atoms with E-state index in [0.29, 0.717) is 11.3 Å². The first kappa shape index (κ1) is 16.6. The Kier molecular flexibility index (Phi) is 6.35. The maximum absolute atomic E-state index is 11.6. The SMILES string of the molecule is CC(=O)Oc1ccccc1CNC(=O)CCC(N)C(=O)O. The largest absolute Gasteiger partial charge is 0.480 e. The van der Waals surface area contributed by atoms with Gasteiger partial charge in [-0.15, -0.1) is 0 Å². The molecule has 1 unspecified atom stereocenters. The van der Waals surface area contributed by atoms with Crippen molar-refractivity contribution in [1.82, 2.24) is 5.32 Å². The number of para-hydroxylation sites is 1. The standard InChI is InChI=1S/C14H18N2O5/c1-9(17)21-12-5-3-2-4-10(12)8-16-13(18)7-6-11(15)14(19)20/h2-5,11H,6-8,15H2,1H3,(H,16,18)(H,19,20). The third kappa shape index (κ3) is 6.05. The van der Waals surface area contributed by atoms with Gasteiger partial charge in [-0.05, 0) is 12.5 Å². The molecule has 1 amide bonds. The number of ether oxygens (including phenoxy) is 1. The van der Waals surface area contributed by atoms with Crippen LogP contribution in [0.15, 0.2) is 24.3 Å². The zero-order valence-corrected chi connectivity index (χ0v) is 11.7. The third-order valence-corrected chi connectivity index (χ3v) is 2.70. The molecule has 0 aliphatic carbocycles. The Bertz CT molecular complexity index is 530. The molecule has 7 heteroatoms. The summed E-state index contributed by atoms with van der Waals surface area (Å²) in [6.45, 7) is 1.48. The molecule has 1 aromatic rings. The van der Waals surface area contributed by atoms with Gasteiger partial charge in [0.2, 0.25) is 5.91 Å². The molecular weight excluding hydrogens is 276 g/mol. The number of hydrogen-bond donors (Lipinski definition) is 3. The van der Waals surface area contributed by atoms with Gasteiger partial charge in [0.05, 0.1) is 0 Å². The molecule has 0 bridgehead atoms. The molecule has 0 saturated carbocycles. The van der Waals surface area contributed by atoms with Gasteiger partial charge >= 0.3 is 11.9 Å². The molecule has 21 heavy (non-hydrogen) atoms. The van der Waals surface area contributed by atoms with E-state index in [1.165, 1.54) is 6.92 Å². The fraction of sp³-hybridized carbons (Fsp3) is 0.357. The molecule has 0 aliphatic heterocycles. The van der Waals surface area contributed by atoms with E-state index >= 15 is 0 Å². The van der Waals surface area contributed by atoms with E-state index in [1.54, 1.807) is 24.3 Å². The Morgan fingerprint density at radius 1 is 1.33 bits per heavy atom. The molecular formula is C14H18N2O5. The molecule has 0 aliphatic rings. The second-order valence-electron chi connectivity index (χ2n) is 4.46. The number of rotatable bonds is 7. The zero-order valence-electron chi connectivity index (χ0n) is 11.7. The van der Waals surface area contributed by atoms with Crippen LogP contribution in [0.3, 0.4) is 0 Å². The predicted octanol–water partition coefficient (Wildman–Crippen LogP) is 0.420. The van der Waals surface area contributed by atoms with E-state index < -0.39 is 18.0 Å². The van der Waals surface area contributed by atoms with Crippen LogP contribution in [-0.4, -0.2) is 29.0 Å². The van der Waals surface area contributed by atoms with Crippen molar-refractivity contribution in [3.63, 3.8) is 0 Å². The lowest BCUT2D eigenvalue weighted by Crippen LogP contribution is -2.32. The summed E-state index contributed by atoms with van der Waals surface area (Å²) in [6, 6.07) is 5.78. The van der Waals surface area contributed by atoms with Crippen molar-refractivity contribution in [3.8, 4) is 5.75 Å². The number of hydrogen-bond acceptors (Lipinski definition) is 5. The predicted molar refractivity (Wildman–Crippen MR) is 74.4 cm³/mol. The highest BCUT2D eigenvalue weighted by atomic mass is 16.5. The number of carboxylic acid groups (broad SMARTS) is 1. The van der Waals surface area contributed by atoms with Crippen LogP contribution in [0.25, 0.3) is 0 Å². The quantitative estimate of drug-likeness (QED) is 0.495. The minimum absolute atomic E-state index is 0.0171. The van der Waals surface area contributed by atoms with E-state index in [-0.39, 0.29) is 25.3 Å². The maximum Gasteiger partial charge on any atom is 0.320 e. The molecule has 0 heterocycles. The van der Waals surface area contributed by atoms with Gasteiger partial charge in [-0.1, -0.05) is 18.2 Å². The van der Waals surface area contributed by atoms with Gasteiger partial charge in [0.25, 0.3) is 0 Å². The van der Waals surface area contributed by atoms with Crippen molar-refractivity contribution in [3.05, 3.63) is 29.8 Å². The molecule has 0 spiro atoms. The van der Waals surface area contributed by atoms with Gasteiger partial charge in [0.1, 0.15) is 11.8 Å². The summed E-state index contributed by atoms with van der Waals surface area (Å²) >= 11 is 0. The fourth-order valence-corrected chi connectivity index (χ4v) is 1.60. The summed E-state index contributed by atoms with van der Waals surface area (Å²) in [5.74, 6) is -1.51. The molecule has 1 atom stereocenters. The Labute approximate surface area is 122 Å². The van der Waals surface area contributed by atoms with Crippen LogP contribution in [0.2, 0.25) is 0 Å². The van der Waals surface area contributed by atoms with Crippen LogP contribution in [0.4, 0.5) is 0 Å². The van der Waals surface area contributed by atoms with Gasteiger partial charge in [-0.2, -0.15) is 0 Å². The molecule has 0 radical (unpaired) electrons. The Balaban J connectivity index is 2.49. The second-order valence-corrected chi connectivity index (χ2v) is 4.46. The maximum atomic E-state index is 11.6. The number of carbonyl (C=O) groups excluding carboxylic acids is 2. The molecule has 4 N–H and O–H groups in total. The van der Waals surface area contributed by atoms with E-state index in [4.69, 9.17) is 15.6 Å². The van der Waals surface area contributed by atoms with Crippen molar-refractivity contribution in [2.75, 3.05) is 0 Å². The van der Waals surface area contributed by atoms with Crippen LogP contribution >= 0.6 is 0 Å². The zero-order chi connectivity index (χ0) is 15.8. The summed E-state index contributed by atoms with van der Waals surface area (Å²) in [4.78, 5) is 33.1. The first-order chi connectivity index (χ1) is 9.90. The third-order valence-electron chi connectivity index (χ3n) is 2.70. The van der Waals surface area contributed by atoms with E-state index in [1.807, 2.05) is 0 Å². The van der Waals surface area contributed by atoms with Crippen LogP contribution in [0.1, 0.15) is 25.3 Å². The summed E-state index contributed by atoms with van der Waals surface area (Å²) in [5.41, 5.74) is 5.97. The number of nitrogens with two attached hydrogens (primary N) is 1. The van der Waals surface area contributed by atoms with Gasteiger partial charge in [-0.25, -0.2) is 0 Å². The molecule has 1 rings (SSSR count). The molecule has 1 aromatic carbocycles. The lowest BCUT2D eigenvalue weighted by molar-refractivity contribution is -0.138. The summed E-state index contributed by atoms with van der Waals surface area (Å²) < 4.78 is 5.02. The van der Waals surface area contributed by atoms with Crippen LogP contribution < -0.4 is 15.8 Å². The molecule has 0 saturated heterocycles. The highest BCUT2D eigenvalue weighted by molar-refractivity contribution is 5.78. The lowest BCUT2D eigenvalue weighted by Gasteiger charge is -2.10. The number of nitrogens with one attached hydrogen (secondary N) is 1. The number of esters is 1. The van der Waals surface area contributed by atoms with E-state index in [0.717, 1.165) is 0 Å². The molecule has 114 valence electrons. The van der Waals surface area contributed by atoms with E-state index in [2.05, 4.69) is 5.32 Å². The van der Waals surface area contributed by atoms with Gasteiger partial charge in [-0.3, -0.25) is 14.4 Å². The molecule has 7 nitrogen and oxygen atoms in total. The minimum atomic E-state index is -1.14. The van der Waals surface area contributed by atoms with E-state index in [9.17, 15) is 14.4 Å². The number of carboxylic acids is 1. The van der Waals surface area contributed by atoms with Crippen LogP contribution in [0, 0.1) is 0 Å². The van der Waals surface area contributed by atoms with Crippen molar-refractivity contribution in [1.29, 1.82) is 0 Å². The average Bonchev–Trinajstić information content (AvgIpc) is 2.43. The monoisotopic (exact) mass is 294 g/mol. The van der Waals surface area contributed by atoms with Gasteiger partial charge in [0, 0.05) is 25.5 Å². The van der Waals surface area contributed by atoms with Gasteiger partial charge in [0.15, 0.2) is 0 Å². The van der Waals surface area contributed by atoms with Crippen molar-refractivity contribution >= 4 is 17.8 Å².